The molecule has 3 saturated carbocycles. The number of ether oxygens (including phenoxy) is 9. The summed E-state index contributed by atoms with van der Waals surface area (Å²) < 4.78 is 57.4. The van der Waals surface area contributed by atoms with Crippen LogP contribution in [-0.2, 0) is 57.0 Å². The monoisotopic (exact) mass is 660 g/mol. The van der Waals surface area contributed by atoms with Crippen LogP contribution in [0.3, 0.4) is 0 Å². The summed E-state index contributed by atoms with van der Waals surface area (Å²) in [6, 6.07) is 0. The Morgan fingerprint density at radius 3 is 2.38 bits per heavy atom. The molecule has 7 fully saturated rings. The van der Waals surface area contributed by atoms with E-state index >= 15 is 0 Å². The second-order valence-corrected chi connectivity index (χ2v) is 15.6. The van der Waals surface area contributed by atoms with Crippen LogP contribution >= 0.6 is 0 Å². The molecule has 47 heavy (non-hydrogen) atoms. The number of rotatable bonds is 5. The highest BCUT2D eigenvalue weighted by Crippen LogP contribution is 2.80. The van der Waals surface area contributed by atoms with E-state index in [1.54, 1.807) is 20.1 Å². The average molecular weight is 661 g/mol. The standard InChI is InChI=1S/C34H44O13/c1-15(2)26(36)45-19-12-18(44-16(3)35)29(4)13-42-21-23(29)32(19)14-43-22(27(37)39-7)24(32)30(5)25(21)47-31(6)17-11-20(34(30,31)40-8)46-28-33(17,38)9-10-41-28/h9-10,17-25,28,38H,1,11-14H2,2-8H3/t17-,18-,19+,20+,21-,22+,23+,24+,25-,28+,29-,30+,31-,32+,33+,34+/m1/s1. The van der Waals surface area contributed by atoms with Gasteiger partial charge in [-0.1, -0.05) is 20.4 Å². The van der Waals surface area contributed by atoms with Gasteiger partial charge in [-0.2, -0.15) is 0 Å². The minimum Gasteiger partial charge on any atom is -0.469 e. The van der Waals surface area contributed by atoms with Gasteiger partial charge in [0.05, 0.1) is 44.9 Å². The highest BCUT2D eigenvalue weighted by molar-refractivity contribution is 5.87. The Bertz CT molecular complexity index is 1480. The van der Waals surface area contributed by atoms with Crippen LogP contribution in [0.25, 0.3) is 0 Å². The van der Waals surface area contributed by atoms with E-state index in [9.17, 15) is 19.5 Å². The maximum Gasteiger partial charge on any atom is 0.335 e. The molecule has 0 radical (unpaired) electrons. The Morgan fingerprint density at radius 2 is 1.72 bits per heavy atom. The van der Waals surface area contributed by atoms with Crippen LogP contribution < -0.4 is 0 Å². The Labute approximate surface area is 273 Å². The first-order chi connectivity index (χ1) is 22.1. The fraction of sp³-hybridized carbons (Fsp3) is 0.794. The quantitative estimate of drug-likeness (QED) is 0.258. The lowest BCUT2D eigenvalue weighted by Crippen LogP contribution is -2.77. The topological polar surface area (TPSA) is 155 Å². The fourth-order valence-electron chi connectivity index (χ4n) is 12.4. The van der Waals surface area contributed by atoms with E-state index in [-0.39, 0.29) is 25.2 Å². The largest absolute Gasteiger partial charge is 0.469 e. The van der Waals surface area contributed by atoms with Gasteiger partial charge in [0.15, 0.2) is 11.7 Å². The van der Waals surface area contributed by atoms with Crippen LogP contribution in [0.1, 0.15) is 47.5 Å². The average Bonchev–Trinajstić information content (AvgIpc) is 3.78. The smallest absolute Gasteiger partial charge is 0.335 e. The molecule has 4 saturated heterocycles. The summed E-state index contributed by atoms with van der Waals surface area (Å²) in [7, 11) is 2.92. The second kappa shape index (κ2) is 9.57. The predicted molar refractivity (Wildman–Crippen MR) is 157 cm³/mol. The molecule has 16 atom stereocenters. The van der Waals surface area contributed by atoms with Crippen molar-refractivity contribution < 1.29 is 62.1 Å². The lowest BCUT2D eigenvalue weighted by molar-refractivity contribution is -0.299. The molecule has 2 bridgehead atoms. The summed E-state index contributed by atoms with van der Waals surface area (Å²) >= 11 is 0. The predicted octanol–water partition coefficient (Wildman–Crippen LogP) is 1.59. The molecule has 5 aliphatic heterocycles. The van der Waals surface area contributed by atoms with Crippen molar-refractivity contribution in [3.63, 3.8) is 0 Å². The van der Waals surface area contributed by atoms with E-state index in [1.165, 1.54) is 20.3 Å². The number of aliphatic hydroxyl groups is 1. The summed E-state index contributed by atoms with van der Waals surface area (Å²) in [4.78, 5) is 39.7. The number of fused-ring (bicyclic) bond motifs is 11. The molecule has 8 rings (SSSR count). The van der Waals surface area contributed by atoms with E-state index in [0.717, 1.165) is 0 Å². The zero-order valence-corrected chi connectivity index (χ0v) is 27.8. The summed E-state index contributed by atoms with van der Waals surface area (Å²) in [5.41, 5.74) is -6.68. The molecule has 1 N–H and O–H groups in total. The number of carbonyl (C=O) groups is 3. The third-order valence-corrected chi connectivity index (χ3v) is 13.8. The number of hydrogen-bond donors (Lipinski definition) is 1. The molecule has 0 aromatic rings. The van der Waals surface area contributed by atoms with Crippen LogP contribution in [0.4, 0.5) is 0 Å². The molecule has 258 valence electrons. The first-order valence-electron chi connectivity index (χ1n) is 16.4. The minimum absolute atomic E-state index is 0.0324. The van der Waals surface area contributed by atoms with Crippen molar-refractivity contribution in [3.8, 4) is 0 Å². The van der Waals surface area contributed by atoms with Crippen molar-refractivity contribution in [2.24, 2.45) is 34.0 Å². The Kier molecular flexibility index (Phi) is 6.46. The van der Waals surface area contributed by atoms with E-state index in [0.29, 0.717) is 6.42 Å². The fourth-order valence-corrected chi connectivity index (χ4v) is 12.4. The maximum atomic E-state index is 13.8. The Morgan fingerprint density at radius 1 is 0.979 bits per heavy atom. The molecule has 3 aliphatic carbocycles. The van der Waals surface area contributed by atoms with E-state index in [4.69, 9.17) is 42.6 Å². The summed E-state index contributed by atoms with van der Waals surface area (Å²) in [5, 5.41) is 12.1. The Balaban J connectivity index is 1.39. The molecular formula is C34H44O13. The molecule has 1 spiro atoms. The van der Waals surface area contributed by atoms with Crippen LogP contribution in [0.2, 0.25) is 0 Å². The lowest BCUT2D eigenvalue weighted by atomic mass is 9.38. The van der Waals surface area contributed by atoms with Gasteiger partial charge in [-0.05, 0) is 26.3 Å². The van der Waals surface area contributed by atoms with Gasteiger partial charge in [-0.25, -0.2) is 9.59 Å². The minimum atomic E-state index is -1.50. The van der Waals surface area contributed by atoms with Crippen molar-refractivity contribution in [2.45, 2.75) is 107 Å². The molecule has 0 amide bonds. The van der Waals surface area contributed by atoms with Gasteiger partial charge < -0.3 is 47.7 Å². The molecule has 13 nitrogen and oxygen atoms in total. The first kappa shape index (κ1) is 31.7. The number of esters is 3. The van der Waals surface area contributed by atoms with Crippen molar-refractivity contribution in [1.82, 2.24) is 0 Å². The van der Waals surface area contributed by atoms with E-state index in [2.05, 4.69) is 6.58 Å². The van der Waals surface area contributed by atoms with Gasteiger partial charge in [0, 0.05) is 60.0 Å². The van der Waals surface area contributed by atoms with E-state index in [1.807, 2.05) is 20.8 Å². The second-order valence-electron chi connectivity index (χ2n) is 15.6. The van der Waals surface area contributed by atoms with Crippen LogP contribution in [-0.4, -0.2) is 110 Å². The van der Waals surface area contributed by atoms with Crippen LogP contribution in [0.15, 0.2) is 24.5 Å². The van der Waals surface area contributed by atoms with Crippen molar-refractivity contribution in [1.29, 1.82) is 0 Å². The van der Waals surface area contributed by atoms with Crippen molar-refractivity contribution >= 4 is 17.9 Å². The van der Waals surface area contributed by atoms with Crippen molar-refractivity contribution in [2.75, 3.05) is 27.4 Å². The maximum absolute atomic E-state index is 13.8. The summed E-state index contributed by atoms with van der Waals surface area (Å²) in [6.45, 7) is 13.0. The molecule has 13 heteroatoms. The SMILES string of the molecule is C=C(C)C(=O)O[C@H]1C[C@@H](OC(C)=O)[C@@]2(C)CO[C@H]3[C@H]4O[C@]5(C)[C@H]6C[C@H](O[C@@H]7OC=C[C@@]76O)[C@]5(OC)[C@@]4(C)[C@@H]4[C@@H](C(=O)OC)OC[C@@]14[C@@H]32. The van der Waals surface area contributed by atoms with E-state index < -0.39 is 112 Å². The van der Waals surface area contributed by atoms with Gasteiger partial charge >= 0.3 is 17.9 Å². The zero-order chi connectivity index (χ0) is 33.7. The highest BCUT2D eigenvalue weighted by Gasteiger charge is 2.92. The summed E-state index contributed by atoms with van der Waals surface area (Å²) in [6.07, 6.45) is -1.98. The number of hydrogen-bond acceptors (Lipinski definition) is 13. The molecular weight excluding hydrogens is 616 g/mol. The molecule has 0 aromatic carbocycles. The normalized spacial score (nSPS) is 55.6. The first-order valence-corrected chi connectivity index (χ1v) is 16.4. The van der Waals surface area contributed by atoms with Gasteiger partial charge in [0.2, 0.25) is 6.29 Å². The molecule has 8 aliphatic rings. The van der Waals surface area contributed by atoms with Gasteiger partial charge in [0.1, 0.15) is 23.4 Å². The van der Waals surface area contributed by atoms with Crippen molar-refractivity contribution in [3.05, 3.63) is 24.5 Å². The van der Waals surface area contributed by atoms with Gasteiger partial charge in [-0.15, -0.1) is 0 Å². The third-order valence-electron chi connectivity index (χ3n) is 13.8. The molecule has 5 heterocycles. The van der Waals surface area contributed by atoms with Gasteiger partial charge in [0.25, 0.3) is 0 Å². The summed E-state index contributed by atoms with van der Waals surface area (Å²) in [5.74, 6) is -3.37. The molecule has 0 unspecified atom stereocenters. The van der Waals surface area contributed by atoms with Crippen LogP contribution in [0.5, 0.6) is 0 Å². The Hall–Kier alpha value is -2.55. The third kappa shape index (κ3) is 3.30. The molecule has 0 aromatic heterocycles. The van der Waals surface area contributed by atoms with Crippen LogP contribution in [0, 0.1) is 34.0 Å². The highest BCUT2D eigenvalue weighted by atomic mass is 16.7. The van der Waals surface area contributed by atoms with Gasteiger partial charge in [-0.3, -0.25) is 4.79 Å². The lowest BCUT2D eigenvalue weighted by Gasteiger charge is -2.66. The number of carbonyl (C=O) groups excluding carboxylic acids is 3. The number of methoxy groups -OCH3 is 2. The zero-order valence-electron chi connectivity index (χ0n) is 27.8.